The van der Waals surface area contributed by atoms with Crippen molar-refractivity contribution in [1.29, 1.82) is 0 Å². The number of fused-ring (bicyclic) bond motifs is 1. The first-order chi connectivity index (χ1) is 10.6. The number of anilines is 1. The predicted molar refractivity (Wildman–Crippen MR) is 83.2 cm³/mol. The highest BCUT2D eigenvalue weighted by molar-refractivity contribution is 7.17. The molecule has 1 aromatic heterocycles. The standard InChI is InChI=1S/C16H17NO4S/c1-2-9-21-16(20)14-10-5-3-4-6-11(10)22-15(14)17-12(18)7-8-13(17)19/h7-8H,2-6,9H2,1H3. The molecule has 2 heterocycles. The molecule has 0 unspecified atom stereocenters. The summed E-state index contributed by atoms with van der Waals surface area (Å²) in [5.41, 5.74) is 1.37. The molecule has 0 radical (unpaired) electrons. The van der Waals surface area contributed by atoms with Crippen LogP contribution < -0.4 is 4.90 Å². The summed E-state index contributed by atoms with van der Waals surface area (Å²) in [6.45, 7) is 2.26. The molecule has 0 atom stereocenters. The fraction of sp³-hybridized carbons (Fsp3) is 0.438. The van der Waals surface area contributed by atoms with Crippen LogP contribution in [0.4, 0.5) is 5.00 Å². The zero-order valence-electron chi connectivity index (χ0n) is 12.4. The van der Waals surface area contributed by atoms with Crippen molar-refractivity contribution in [2.75, 3.05) is 11.5 Å². The van der Waals surface area contributed by atoms with Crippen molar-refractivity contribution < 1.29 is 19.1 Å². The van der Waals surface area contributed by atoms with Gasteiger partial charge in [0.2, 0.25) is 0 Å². The van der Waals surface area contributed by atoms with Gasteiger partial charge in [-0.25, -0.2) is 9.69 Å². The summed E-state index contributed by atoms with van der Waals surface area (Å²) < 4.78 is 5.27. The van der Waals surface area contributed by atoms with E-state index < -0.39 is 17.8 Å². The molecule has 1 aliphatic heterocycles. The lowest BCUT2D eigenvalue weighted by atomic mass is 9.95. The van der Waals surface area contributed by atoms with Crippen molar-refractivity contribution in [3.05, 3.63) is 28.2 Å². The summed E-state index contributed by atoms with van der Waals surface area (Å²) in [6.07, 6.45) is 6.97. The van der Waals surface area contributed by atoms with E-state index >= 15 is 0 Å². The van der Waals surface area contributed by atoms with E-state index in [9.17, 15) is 14.4 Å². The Hall–Kier alpha value is -1.95. The topological polar surface area (TPSA) is 63.7 Å². The molecular weight excluding hydrogens is 302 g/mol. The van der Waals surface area contributed by atoms with Crippen molar-refractivity contribution in [3.63, 3.8) is 0 Å². The van der Waals surface area contributed by atoms with Gasteiger partial charge >= 0.3 is 5.97 Å². The highest BCUT2D eigenvalue weighted by Crippen LogP contribution is 2.41. The Labute approximate surface area is 132 Å². The van der Waals surface area contributed by atoms with E-state index in [0.29, 0.717) is 17.2 Å². The molecule has 0 N–H and O–H groups in total. The molecule has 0 saturated carbocycles. The number of esters is 1. The van der Waals surface area contributed by atoms with E-state index in [1.165, 1.54) is 23.5 Å². The number of aryl methyl sites for hydroxylation is 1. The van der Waals surface area contributed by atoms with E-state index in [0.717, 1.165) is 47.4 Å². The van der Waals surface area contributed by atoms with Crippen LogP contribution >= 0.6 is 11.3 Å². The van der Waals surface area contributed by atoms with Gasteiger partial charge in [-0.15, -0.1) is 11.3 Å². The van der Waals surface area contributed by atoms with Crippen LogP contribution in [0.15, 0.2) is 12.2 Å². The van der Waals surface area contributed by atoms with E-state index in [1.807, 2.05) is 6.92 Å². The van der Waals surface area contributed by atoms with E-state index in [1.54, 1.807) is 0 Å². The van der Waals surface area contributed by atoms with Crippen LogP contribution in [-0.4, -0.2) is 24.4 Å². The van der Waals surface area contributed by atoms with Gasteiger partial charge in [0.1, 0.15) is 5.00 Å². The summed E-state index contributed by atoms with van der Waals surface area (Å²) in [6, 6.07) is 0. The summed E-state index contributed by atoms with van der Waals surface area (Å²) in [5, 5.41) is 0.424. The minimum absolute atomic E-state index is 0.336. The fourth-order valence-electron chi connectivity index (χ4n) is 2.79. The Morgan fingerprint density at radius 1 is 1.23 bits per heavy atom. The van der Waals surface area contributed by atoms with Crippen LogP contribution in [-0.2, 0) is 27.2 Å². The minimum atomic E-state index is -0.427. The second kappa shape index (κ2) is 6.04. The highest BCUT2D eigenvalue weighted by atomic mass is 32.1. The van der Waals surface area contributed by atoms with Crippen LogP contribution in [0.5, 0.6) is 0 Å². The van der Waals surface area contributed by atoms with Crippen molar-refractivity contribution in [2.45, 2.75) is 39.0 Å². The lowest BCUT2D eigenvalue weighted by Crippen LogP contribution is -2.30. The van der Waals surface area contributed by atoms with Gasteiger partial charge in [-0.2, -0.15) is 0 Å². The Bertz CT molecular complexity index is 656. The third-order valence-electron chi connectivity index (χ3n) is 3.81. The maximum atomic E-state index is 12.4. The maximum Gasteiger partial charge on any atom is 0.341 e. The zero-order valence-corrected chi connectivity index (χ0v) is 13.2. The third-order valence-corrected chi connectivity index (χ3v) is 5.08. The number of rotatable bonds is 4. The van der Waals surface area contributed by atoms with Crippen LogP contribution in [0.2, 0.25) is 0 Å². The quantitative estimate of drug-likeness (QED) is 0.632. The fourth-order valence-corrected chi connectivity index (χ4v) is 4.17. The molecule has 6 heteroatoms. The average molecular weight is 319 g/mol. The number of thiophene rings is 1. The van der Waals surface area contributed by atoms with Gasteiger partial charge < -0.3 is 4.74 Å². The molecule has 0 fully saturated rings. The Morgan fingerprint density at radius 3 is 2.59 bits per heavy atom. The number of hydrogen-bond acceptors (Lipinski definition) is 5. The largest absolute Gasteiger partial charge is 0.462 e. The van der Waals surface area contributed by atoms with Gasteiger partial charge in [-0.1, -0.05) is 6.92 Å². The van der Waals surface area contributed by atoms with Crippen LogP contribution in [0, 0.1) is 0 Å². The van der Waals surface area contributed by atoms with E-state index in [2.05, 4.69) is 0 Å². The summed E-state index contributed by atoms with van der Waals surface area (Å²) >= 11 is 1.37. The first kappa shape index (κ1) is 15.0. The first-order valence-corrected chi connectivity index (χ1v) is 8.33. The zero-order chi connectivity index (χ0) is 15.7. The number of carbonyl (C=O) groups is 3. The SMILES string of the molecule is CCCOC(=O)c1c(N2C(=O)C=CC2=O)sc2c1CCCC2. The number of nitrogens with zero attached hydrogens (tertiary/aromatic N) is 1. The summed E-state index contributed by atoms with van der Waals surface area (Å²) in [7, 11) is 0. The normalized spacial score (nSPS) is 17.0. The lowest BCUT2D eigenvalue weighted by Gasteiger charge is -2.15. The molecule has 0 saturated heterocycles. The smallest absolute Gasteiger partial charge is 0.341 e. The number of carbonyl (C=O) groups excluding carboxylic acids is 3. The molecule has 0 bridgehead atoms. The van der Waals surface area contributed by atoms with Gasteiger partial charge in [0, 0.05) is 17.0 Å². The molecule has 0 spiro atoms. The Kier molecular flexibility index (Phi) is 4.11. The van der Waals surface area contributed by atoms with Crippen LogP contribution in [0.25, 0.3) is 0 Å². The van der Waals surface area contributed by atoms with E-state index in [-0.39, 0.29) is 0 Å². The number of ether oxygens (including phenoxy) is 1. The molecular formula is C16H17NO4S. The number of hydrogen-bond donors (Lipinski definition) is 0. The monoisotopic (exact) mass is 319 g/mol. The van der Waals surface area contributed by atoms with Gasteiger partial charge in [0.05, 0.1) is 12.2 Å². The van der Waals surface area contributed by atoms with Gasteiger partial charge in [0.15, 0.2) is 0 Å². The maximum absolute atomic E-state index is 12.4. The van der Waals surface area contributed by atoms with Crippen molar-refractivity contribution in [1.82, 2.24) is 0 Å². The van der Waals surface area contributed by atoms with Crippen molar-refractivity contribution in [2.24, 2.45) is 0 Å². The van der Waals surface area contributed by atoms with Crippen molar-refractivity contribution in [3.8, 4) is 0 Å². The predicted octanol–water partition coefficient (Wildman–Crippen LogP) is 2.62. The van der Waals surface area contributed by atoms with Crippen LogP contribution in [0.3, 0.4) is 0 Å². The second-order valence-electron chi connectivity index (χ2n) is 5.37. The first-order valence-electron chi connectivity index (χ1n) is 7.51. The van der Waals surface area contributed by atoms with Crippen molar-refractivity contribution >= 4 is 34.1 Å². The Morgan fingerprint density at radius 2 is 1.91 bits per heavy atom. The summed E-state index contributed by atoms with van der Waals surface area (Å²) in [5.74, 6) is -1.22. The van der Waals surface area contributed by atoms with E-state index in [4.69, 9.17) is 4.74 Å². The molecule has 22 heavy (non-hydrogen) atoms. The molecule has 2 aliphatic rings. The summed E-state index contributed by atoms with van der Waals surface area (Å²) in [4.78, 5) is 38.5. The second-order valence-corrected chi connectivity index (χ2v) is 6.46. The molecule has 0 aromatic carbocycles. The minimum Gasteiger partial charge on any atom is -0.462 e. The van der Waals surface area contributed by atoms with Gasteiger partial charge in [-0.05, 0) is 37.7 Å². The van der Waals surface area contributed by atoms with Gasteiger partial charge in [-0.3, -0.25) is 9.59 Å². The molecule has 116 valence electrons. The molecule has 3 rings (SSSR count). The molecule has 1 aromatic rings. The molecule has 5 nitrogen and oxygen atoms in total. The molecule has 1 aliphatic carbocycles. The lowest BCUT2D eigenvalue weighted by molar-refractivity contribution is -0.119. The number of imide groups is 1. The number of amides is 2. The average Bonchev–Trinajstić information content (AvgIpc) is 3.04. The Balaban J connectivity index is 2.05. The highest BCUT2D eigenvalue weighted by Gasteiger charge is 2.35. The van der Waals surface area contributed by atoms with Gasteiger partial charge in [0.25, 0.3) is 11.8 Å². The van der Waals surface area contributed by atoms with Crippen LogP contribution in [0.1, 0.15) is 47.0 Å². The third kappa shape index (κ3) is 2.47. The molecule has 2 amide bonds.